The molecule has 1 aliphatic heterocycles. The Hall–Kier alpha value is -3.83. The summed E-state index contributed by atoms with van der Waals surface area (Å²) in [5, 5.41) is 5.64. The van der Waals surface area contributed by atoms with Crippen LogP contribution < -0.4 is 15.4 Å². The van der Waals surface area contributed by atoms with Crippen molar-refractivity contribution in [3.63, 3.8) is 0 Å². The smallest absolute Gasteiger partial charge is 0.406 e. The average molecular weight is 648 g/mol. The lowest BCUT2D eigenvalue weighted by atomic mass is 10.0. The van der Waals surface area contributed by atoms with Crippen LogP contribution in [0.25, 0.3) is 0 Å². The number of halogens is 5. The Kier molecular flexibility index (Phi) is 9.56. The van der Waals surface area contributed by atoms with Crippen molar-refractivity contribution in [2.45, 2.75) is 43.1 Å². The maximum atomic E-state index is 14.0. The minimum absolute atomic E-state index is 0.101. The van der Waals surface area contributed by atoms with Gasteiger partial charge in [0.25, 0.3) is 5.92 Å². The maximum absolute atomic E-state index is 14.0. The van der Waals surface area contributed by atoms with Gasteiger partial charge in [-0.3, -0.25) is 15.1 Å². The molecule has 1 fully saturated rings. The zero-order valence-corrected chi connectivity index (χ0v) is 24.1. The molecule has 2 heterocycles. The largest absolute Gasteiger partial charge is 0.573 e. The van der Waals surface area contributed by atoms with Crippen LogP contribution in [0.3, 0.4) is 0 Å². The molecule has 0 spiro atoms. The lowest BCUT2D eigenvalue weighted by Crippen LogP contribution is -2.61. The summed E-state index contributed by atoms with van der Waals surface area (Å²) in [6, 6.07) is 6.77. The SMILES string of the molecule is CCC(F)(F)c1ccc(CNC(=O)[C@H]2CN(C(=O)Nc3cncs3)CCN2S(=O)(=O)c2ccc(OC(F)(F)F)cc2)cc1. The Morgan fingerprint density at radius 2 is 1.72 bits per heavy atom. The normalized spacial score (nSPS) is 16.5. The number of carbonyl (C=O) groups is 2. The lowest BCUT2D eigenvalue weighted by Gasteiger charge is -2.39. The fourth-order valence-corrected chi connectivity index (χ4v) is 6.31. The standard InChI is InChI=1S/C26H26F5N5O5S2/c1-2-25(27,28)18-5-3-17(4-6-18)13-33-23(37)21-15-35(24(38)34-22-14-32-16-42-22)11-12-36(21)43(39,40)20-9-7-19(8-10-20)41-26(29,30)31/h3-10,14,16,21H,2,11-13,15H2,1H3,(H,33,37)(H,34,38)/t21-/m1/s1. The van der Waals surface area contributed by atoms with Gasteiger partial charge < -0.3 is 15.0 Å². The van der Waals surface area contributed by atoms with Crippen LogP contribution in [0.15, 0.2) is 65.1 Å². The molecule has 3 aromatic rings. The number of ether oxygens (including phenoxy) is 1. The number of urea groups is 1. The first-order valence-corrected chi connectivity index (χ1v) is 15.1. The van der Waals surface area contributed by atoms with Gasteiger partial charge in [-0.1, -0.05) is 31.2 Å². The van der Waals surface area contributed by atoms with Crippen LogP contribution >= 0.6 is 11.3 Å². The highest BCUT2D eigenvalue weighted by Gasteiger charge is 2.41. The Morgan fingerprint density at radius 1 is 1.05 bits per heavy atom. The third-order valence-corrected chi connectivity index (χ3v) is 9.15. The number of thiazole rings is 1. The van der Waals surface area contributed by atoms with Crippen LogP contribution in [0.2, 0.25) is 0 Å². The van der Waals surface area contributed by atoms with Gasteiger partial charge in [-0.15, -0.1) is 24.5 Å². The fourth-order valence-electron chi connectivity index (χ4n) is 4.24. The molecule has 2 aromatic carbocycles. The van der Waals surface area contributed by atoms with Gasteiger partial charge in [-0.2, -0.15) is 4.31 Å². The van der Waals surface area contributed by atoms with E-state index in [9.17, 15) is 40.0 Å². The zero-order valence-electron chi connectivity index (χ0n) is 22.5. The zero-order chi connectivity index (χ0) is 31.4. The van der Waals surface area contributed by atoms with Crippen molar-refractivity contribution >= 4 is 38.3 Å². The molecule has 0 unspecified atom stereocenters. The van der Waals surface area contributed by atoms with Crippen molar-refractivity contribution in [3.8, 4) is 5.75 Å². The number of hydrogen-bond donors (Lipinski definition) is 2. The van der Waals surface area contributed by atoms with Gasteiger partial charge in [0, 0.05) is 38.2 Å². The molecule has 0 saturated carbocycles. The molecular formula is C26H26F5N5O5S2. The van der Waals surface area contributed by atoms with Gasteiger partial charge in [0.2, 0.25) is 15.9 Å². The number of benzene rings is 2. The van der Waals surface area contributed by atoms with Crippen LogP contribution in [0, 0.1) is 0 Å². The van der Waals surface area contributed by atoms with E-state index in [4.69, 9.17) is 0 Å². The molecule has 0 radical (unpaired) electrons. The number of piperazine rings is 1. The van der Waals surface area contributed by atoms with Crippen LogP contribution in [0.1, 0.15) is 24.5 Å². The minimum Gasteiger partial charge on any atom is -0.406 e. The molecule has 1 saturated heterocycles. The molecule has 4 rings (SSSR count). The predicted octanol–water partition coefficient (Wildman–Crippen LogP) is 4.77. The number of nitrogens with one attached hydrogen (secondary N) is 2. The molecular weight excluding hydrogens is 621 g/mol. The number of amides is 3. The van der Waals surface area contributed by atoms with Crippen molar-refractivity contribution in [2.24, 2.45) is 0 Å². The van der Waals surface area contributed by atoms with Crippen LogP contribution in [-0.2, 0) is 27.3 Å². The summed E-state index contributed by atoms with van der Waals surface area (Å²) in [4.78, 5) is 31.0. The van der Waals surface area contributed by atoms with Crippen molar-refractivity contribution in [1.82, 2.24) is 19.5 Å². The molecule has 1 aliphatic rings. The van der Waals surface area contributed by atoms with E-state index in [-0.39, 0.29) is 38.2 Å². The van der Waals surface area contributed by atoms with E-state index in [0.29, 0.717) is 10.6 Å². The van der Waals surface area contributed by atoms with Gasteiger partial charge in [0.1, 0.15) is 16.8 Å². The van der Waals surface area contributed by atoms with Gasteiger partial charge in [0.05, 0.1) is 16.6 Å². The highest BCUT2D eigenvalue weighted by molar-refractivity contribution is 7.89. The van der Waals surface area contributed by atoms with Crippen molar-refractivity contribution < 1.29 is 44.7 Å². The third kappa shape index (κ3) is 7.97. The second kappa shape index (κ2) is 12.8. The summed E-state index contributed by atoms with van der Waals surface area (Å²) in [6.45, 7) is 0.460. The Balaban J connectivity index is 1.54. The summed E-state index contributed by atoms with van der Waals surface area (Å²) in [5.74, 6) is -4.43. The van der Waals surface area contributed by atoms with E-state index < -0.39 is 50.9 Å². The Bertz CT molecular complexity index is 1520. The number of aromatic nitrogens is 1. The van der Waals surface area contributed by atoms with E-state index in [2.05, 4.69) is 20.4 Å². The van der Waals surface area contributed by atoms with Crippen molar-refractivity contribution in [1.29, 1.82) is 0 Å². The monoisotopic (exact) mass is 647 g/mol. The highest BCUT2D eigenvalue weighted by Crippen LogP contribution is 2.31. The third-order valence-electron chi connectivity index (χ3n) is 6.53. The second-order valence-electron chi connectivity index (χ2n) is 9.37. The molecule has 232 valence electrons. The summed E-state index contributed by atoms with van der Waals surface area (Å²) < 4.78 is 97.3. The number of anilines is 1. The molecule has 43 heavy (non-hydrogen) atoms. The van der Waals surface area contributed by atoms with Crippen LogP contribution in [0.4, 0.5) is 31.7 Å². The summed E-state index contributed by atoms with van der Waals surface area (Å²) in [5.41, 5.74) is 1.77. The highest BCUT2D eigenvalue weighted by atomic mass is 32.2. The van der Waals surface area contributed by atoms with Crippen molar-refractivity contribution in [3.05, 3.63) is 71.4 Å². The molecule has 1 atom stereocenters. The number of rotatable bonds is 9. The molecule has 0 bridgehead atoms. The summed E-state index contributed by atoms with van der Waals surface area (Å²) in [7, 11) is -4.44. The van der Waals surface area contributed by atoms with E-state index >= 15 is 0 Å². The maximum Gasteiger partial charge on any atom is 0.573 e. The molecule has 1 aromatic heterocycles. The first kappa shape index (κ1) is 32.1. The fraction of sp³-hybridized carbons (Fsp3) is 0.346. The second-order valence-corrected chi connectivity index (χ2v) is 12.1. The number of nitrogens with zero attached hydrogens (tertiary/aromatic N) is 3. The first-order valence-electron chi connectivity index (χ1n) is 12.8. The Labute approximate surface area is 247 Å². The molecule has 3 amide bonds. The van der Waals surface area contributed by atoms with Gasteiger partial charge in [0.15, 0.2) is 0 Å². The molecule has 2 N–H and O–H groups in total. The quantitative estimate of drug-likeness (QED) is 0.323. The lowest BCUT2D eigenvalue weighted by molar-refractivity contribution is -0.274. The molecule has 10 nitrogen and oxygen atoms in total. The Morgan fingerprint density at radius 3 is 2.30 bits per heavy atom. The number of hydrogen-bond acceptors (Lipinski definition) is 7. The molecule has 17 heteroatoms. The van der Waals surface area contributed by atoms with Gasteiger partial charge in [-0.25, -0.2) is 22.0 Å². The first-order chi connectivity index (χ1) is 20.2. The molecule has 0 aliphatic carbocycles. The summed E-state index contributed by atoms with van der Waals surface area (Å²) >= 11 is 1.16. The number of carbonyl (C=O) groups excluding carboxylic acids is 2. The van der Waals surface area contributed by atoms with E-state index in [1.54, 1.807) is 0 Å². The number of alkyl halides is 5. The van der Waals surface area contributed by atoms with E-state index in [1.165, 1.54) is 47.8 Å². The number of sulfonamides is 1. The minimum atomic E-state index is -4.98. The van der Waals surface area contributed by atoms with Crippen LogP contribution in [0.5, 0.6) is 5.75 Å². The topological polar surface area (TPSA) is 121 Å². The van der Waals surface area contributed by atoms with E-state index in [1.807, 2.05) is 0 Å². The van der Waals surface area contributed by atoms with Crippen LogP contribution in [-0.4, -0.2) is 66.6 Å². The van der Waals surface area contributed by atoms with Crippen molar-refractivity contribution in [2.75, 3.05) is 25.0 Å². The predicted molar refractivity (Wildman–Crippen MR) is 146 cm³/mol. The van der Waals surface area contributed by atoms with E-state index in [0.717, 1.165) is 39.9 Å². The summed E-state index contributed by atoms with van der Waals surface area (Å²) in [6.07, 6.45) is -3.95. The average Bonchev–Trinajstić information content (AvgIpc) is 3.48. The van der Waals surface area contributed by atoms with Gasteiger partial charge >= 0.3 is 12.4 Å². The van der Waals surface area contributed by atoms with Gasteiger partial charge in [-0.05, 0) is 29.8 Å².